The first-order valence-corrected chi connectivity index (χ1v) is 7.92. The monoisotopic (exact) mass is 362 g/mol. The maximum Gasteiger partial charge on any atom is 0.419 e. The minimum Gasteiger partial charge on any atom is -0.465 e. The van der Waals surface area contributed by atoms with E-state index in [0.29, 0.717) is 25.0 Å². The number of alkyl halides is 3. The minimum absolute atomic E-state index is 0.229. The highest BCUT2D eigenvalue weighted by atomic mass is 19.4. The van der Waals surface area contributed by atoms with E-state index >= 15 is 0 Å². The molecule has 1 aromatic carbocycles. The van der Waals surface area contributed by atoms with Crippen molar-refractivity contribution in [3.63, 3.8) is 0 Å². The molecule has 0 radical (unpaired) electrons. The Labute approximate surface area is 141 Å². The second kappa shape index (κ2) is 6.45. The van der Waals surface area contributed by atoms with Crippen LogP contribution in [-0.4, -0.2) is 48.4 Å². The number of carbonyl (C=O) groups is 1. The van der Waals surface area contributed by atoms with Gasteiger partial charge in [-0.2, -0.15) is 13.2 Å². The van der Waals surface area contributed by atoms with Crippen LogP contribution in [-0.2, 0) is 16.5 Å². The first kappa shape index (κ1) is 17.9. The molecule has 2 fully saturated rings. The van der Waals surface area contributed by atoms with Crippen LogP contribution in [0.25, 0.3) is 0 Å². The summed E-state index contributed by atoms with van der Waals surface area (Å²) in [7, 11) is 0. The third kappa shape index (κ3) is 3.72. The topological polar surface area (TPSA) is 61.8 Å². The van der Waals surface area contributed by atoms with Crippen molar-refractivity contribution in [3.05, 3.63) is 35.1 Å². The molecule has 1 amide bonds. The summed E-state index contributed by atoms with van der Waals surface area (Å²) in [6.45, 7) is 1.06. The highest BCUT2D eigenvalue weighted by Crippen LogP contribution is 2.47. The van der Waals surface area contributed by atoms with Gasteiger partial charge in [0.2, 0.25) is 0 Å². The molecule has 1 saturated heterocycles. The predicted molar refractivity (Wildman–Crippen MR) is 79.7 cm³/mol. The first-order chi connectivity index (χ1) is 11.7. The number of ether oxygens (including phenoxy) is 1. The fourth-order valence-corrected chi connectivity index (χ4v) is 3.12. The number of nitrogens with one attached hydrogen (secondary N) is 1. The molecule has 25 heavy (non-hydrogen) atoms. The van der Waals surface area contributed by atoms with Gasteiger partial charge >= 0.3 is 12.3 Å². The van der Waals surface area contributed by atoms with E-state index in [4.69, 9.17) is 4.74 Å². The molecule has 1 aliphatic heterocycles. The molecule has 1 unspecified atom stereocenters. The van der Waals surface area contributed by atoms with Gasteiger partial charge in [0.1, 0.15) is 5.82 Å². The second-order valence-electron chi connectivity index (χ2n) is 6.36. The molecule has 1 heterocycles. The van der Waals surface area contributed by atoms with Crippen LogP contribution in [0.2, 0.25) is 0 Å². The zero-order valence-corrected chi connectivity index (χ0v) is 13.3. The Morgan fingerprint density at radius 3 is 2.72 bits per heavy atom. The molecular weight excluding hydrogens is 344 g/mol. The summed E-state index contributed by atoms with van der Waals surface area (Å²) in [4.78, 5) is 12.5. The zero-order chi connectivity index (χ0) is 18.2. The van der Waals surface area contributed by atoms with Crippen molar-refractivity contribution in [2.45, 2.75) is 30.6 Å². The summed E-state index contributed by atoms with van der Waals surface area (Å²) < 4.78 is 57.5. The van der Waals surface area contributed by atoms with Gasteiger partial charge in [0.25, 0.3) is 0 Å². The summed E-state index contributed by atoms with van der Waals surface area (Å²) in [6.07, 6.45) is -4.60. The Morgan fingerprint density at radius 2 is 2.12 bits per heavy atom. The number of hydrogen-bond donors (Lipinski definition) is 2. The molecule has 0 bridgehead atoms. The molecule has 1 saturated carbocycles. The Bertz CT molecular complexity index is 661. The van der Waals surface area contributed by atoms with E-state index in [1.165, 1.54) is 11.0 Å². The Kier molecular flexibility index (Phi) is 4.63. The van der Waals surface area contributed by atoms with Crippen molar-refractivity contribution < 1.29 is 32.2 Å². The van der Waals surface area contributed by atoms with Crippen LogP contribution in [0.15, 0.2) is 18.2 Å². The van der Waals surface area contributed by atoms with Crippen LogP contribution >= 0.6 is 0 Å². The Morgan fingerprint density at radius 1 is 1.40 bits per heavy atom. The van der Waals surface area contributed by atoms with E-state index < -0.39 is 35.2 Å². The van der Waals surface area contributed by atoms with Gasteiger partial charge in [0.05, 0.1) is 24.8 Å². The van der Waals surface area contributed by atoms with Gasteiger partial charge in [-0.3, -0.25) is 4.90 Å². The first-order valence-electron chi connectivity index (χ1n) is 7.92. The SMILES string of the molecule is O=C(O)N1CCOCC1CNC1(c2ccc(F)c(C(F)(F)F)c2)CC1. The number of morpholine rings is 1. The summed E-state index contributed by atoms with van der Waals surface area (Å²) in [5.41, 5.74) is -1.60. The van der Waals surface area contributed by atoms with Crippen molar-refractivity contribution in [2.24, 2.45) is 0 Å². The number of benzene rings is 1. The average Bonchev–Trinajstić information content (AvgIpc) is 3.33. The lowest BCUT2D eigenvalue weighted by molar-refractivity contribution is -0.140. The molecule has 138 valence electrons. The van der Waals surface area contributed by atoms with Crippen molar-refractivity contribution in [1.29, 1.82) is 0 Å². The van der Waals surface area contributed by atoms with Crippen LogP contribution in [0.1, 0.15) is 24.0 Å². The second-order valence-corrected chi connectivity index (χ2v) is 6.36. The summed E-state index contributed by atoms with van der Waals surface area (Å²) in [5.74, 6) is -1.30. The molecule has 9 heteroatoms. The van der Waals surface area contributed by atoms with Crippen molar-refractivity contribution >= 4 is 6.09 Å². The number of halogens is 4. The summed E-state index contributed by atoms with van der Waals surface area (Å²) in [6, 6.07) is 2.59. The van der Waals surface area contributed by atoms with Gasteiger partial charge in [-0.1, -0.05) is 6.07 Å². The molecule has 2 N–H and O–H groups in total. The maximum absolute atomic E-state index is 13.5. The number of hydrogen-bond acceptors (Lipinski definition) is 3. The molecule has 1 aliphatic carbocycles. The standard InChI is InChI=1S/C16H18F4N2O3/c17-13-2-1-10(7-12(13)16(18,19)20)15(3-4-15)21-8-11-9-25-6-5-22(11)14(23)24/h1-2,7,11,21H,3-6,8-9H2,(H,23,24). The van der Waals surface area contributed by atoms with Gasteiger partial charge < -0.3 is 15.2 Å². The largest absolute Gasteiger partial charge is 0.465 e. The van der Waals surface area contributed by atoms with Gasteiger partial charge in [-0.05, 0) is 30.5 Å². The number of amides is 1. The van der Waals surface area contributed by atoms with Crippen LogP contribution < -0.4 is 5.32 Å². The van der Waals surface area contributed by atoms with E-state index in [-0.39, 0.29) is 19.7 Å². The van der Waals surface area contributed by atoms with E-state index in [9.17, 15) is 27.5 Å². The van der Waals surface area contributed by atoms with E-state index in [2.05, 4.69) is 5.32 Å². The number of carboxylic acid groups (broad SMARTS) is 1. The van der Waals surface area contributed by atoms with E-state index in [1.54, 1.807) is 0 Å². The van der Waals surface area contributed by atoms with Crippen LogP contribution in [0.3, 0.4) is 0 Å². The summed E-state index contributed by atoms with van der Waals surface area (Å²) >= 11 is 0. The highest BCUT2D eigenvalue weighted by molar-refractivity contribution is 5.65. The lowest BCUT2D eigenvalue weighted by Crippen LogP contribution is -2.53. The molecule has 0 aromatic heterocycles. The molecular formula is C16H18F4N2O3. The lowest BCUT2D eigenvalue weighted by Gasteiger charge is -2.34. The van der Waals surface area contributed by atoms with Crippen LogP contribution in [0.4, 0.5) is 22.4 Å². The number of nitrogens with zero attached hydrogens (tertiary/aromatic N) is 1. The lowest BCUT2D eigenvalue weighted by atomic mass is 10.0. The quantitative estimate of drug-likeness (QED) is 0.809. The highest BCUT2D eigenvalue weighted by Gasteiger charge is 2.46. The van der Waals surface area contributed by atoms with E-state index in [0.717, 1.165) is 12.1 Å². The zero-order valence-electron chi connectivity index (χ0n) is 13.3. The smallest absolute Gasteiger partial charge is 0.419 e. The third-order valence-electron chi connectivity index (χ3n) is 4.72. The molecule has 1 atom stereocenters. The minimum atomic E-state index is -4.76. The van der Waals surface area contributed by atoms with E-state index in [1.807, 2.05) is 0 Å². The third-order valence-corrected chi connectivity index (χ3v) is 4.72. The van der Waals surface area contributed by atoms with Crippen molar-refractivity contribution in [2.75, 3.05) is 26.3 Å². The Balaban J connectivity index is 1.74. The van der Waals surface area contributed by atoms with Crippen LogP contribution in [0, 0.1) is 5.82 Å². The summed E-state index contributed by atoms with van der Waals surface area (Å²) in [5, 5.41) is 12.4. The van der Waals surface area contributed by atoms with Gasteiger partial charge in [-0.15, -0.1) is 0 Å². The fourth-order valence-electron chi connectivity index (χ4n) is 3.12. The molecule has 5 nitrogen and oxygen atoms in total. The van der Waals surface area contributed by atoms with Gasteiger partial charge in [0, 0.05) is 18.6 Å². The van der Waals surface area contributed by atoms with Crippen molar-refractivity contribution in [3.8, 4) is 0 Å². The predicted octanol–water partition coefficient (Wildman–Crippen LogP) is 2.80. The Hall–Kier alpha value is -1.87. The van der Waals surface area contributed by atoms with Crippen molar-refractivity contribution in [1.82, 2.24) is 10.2 Å². The number of rotatable bonds is 4. The molecule has 3 rings (SSSR count). The maximum atomic E-state index is 13.5. The van der Waals surface area contributed by atoms with Crippen LogP contribution in [0.5, 0.6) is 0 Å². The van der Waals surface area contributed by atoms with Gasteiger partial charge in [0.15, 0.2) is 0 Å². The normalized spacial score (nSPS) is 22.7. The molecule has 2 aliphatic rings. The fraction of sp³-hybridized carbons (Fsp3) is 0.562. The van der Waals surface area contributed by atoms with Gasteiger partial charge in [-0.25, -0.2) is 9.18 Å². The average molecular weight is 362 g/mol. The molecule has 0 spiro atoms. The molecule has 1 aromatic rings.